The largest absolute Gasteiger partial charge is 0.373 e. The fourth-order valence-corrected chi connectivity index (χ4v) is 3.67. The number of rotatable bonds is 6. The summed E-state index contributed by atoms with van der Waals surface area (Å²) in [5.74, 6) is -3.18. The third-order valence-corrected chi connectivity index (χ3v) is 5.33. The molecule has 0 aliphatic carbocycles. The molecule has 2 amide bonds. The van der Waals surface area contributed by atoms with Crippen molar-refractivity contribution in [2.75, 3.05) is 16.5 Å². The molecule has 0 spiro atoms. The summed E-state index contributed by atoms with van der Waals surface area (Å²) in [4.78, 5) is 27.5. The molecule has 1 aliphatic rings. The Labute approximate surface area is 158 Å². The molecule has 3 rings (SSSR count). The molecule has 2 aromatic rings. The molecule has 26 heavy (non-hydrogen) atoms. The molecule has 0 aromatic heterocycles. The van der Waals surface area contributed by atoms with E-state index in [2.05, 4.69) is 5.32 Å². The molecule has 2 aromatic carbocycles. The van der Waals surface area contributed by atoms with Gasteiger partial charge in [-0.2, -0.15) is 8.78 Å². The van der Waals surface area contributed by atoms with Crippen molar-refractivity contribution in [3.8, 4) is 0 Å². The molecular weight excluding hydrogens is 378 g/mol. The van der Waals surface area contributed by atoms with Gasteiger partial charge in [-0.3, -0.25) is 9.59 Å². The van der Waals surface area contributed by atoms with Crippen LogP contribution in [0.15, 0.2) is 58.3 Å². The summed E-state index contributed by atoms with van der Waals surface area (Å²) in [5, 5.41) is 3.10. The summed E-state index contributed by atoms with van der Waals surface area (Å²) >= 11 is 2.01. The molecule has 1 aliphatic heterocycles. The summed E-state index contributed by atoms with van der Waals surface area (Å²) in [6.07, 6.45) is 2.01. The molecule has 1 fully saturated rings. The molecule has 0 saturated carbocycles. The maximum Gasteiger partial charge on any atom is 0.288 e. The zero-order valence-electron chi connectivity index (χ0n) is 13.8. The Balaban J connectivity index is 1.74. The minimum absolute atomic E-state index is 0.0515. The van der Waals surface area contributed by atoms with E-state index in [1.807, 2.05) is 30.5 Å². The van der Waals surface area contributed by atoms with E-state index in [-0.39, 0.29) is 18.2 Å². The Morgan fingerprint density at radius 2 is 1.85 bits per heavy atom. The van der Waals surface area contributed by atoms with Gasteiger partial charge in [-0.25, -0.2) is 4.90 Å². The van der Waals surface area contributed by atoms with Crippen LogP contribution in [0.2, 0.25) is 0 Å². The molecule has 0 radical (unpaired) electrons. The molecule has 4 nitrogen and oxygen atoms in total. The third-order valence-electron chi connectivity index (χ3n) is 3.88. The number of imide groups is 1. The average molecular weight is 394 g/mol. The summed E-state index contributed by atoms with van der Waals surface area (Å²) in [6, 6.07) is 12.9. The molecule has 0 unspecified atom stereocenters. The molecule has 1 N–H and O–H groups in total. The highest BCUT2D eigenvalue weighted by Gasteiger charge is 2.39. The van der Waals surface area contributed by atoms with E-state index in [1.54, 1.807) is 11.8 Å². The van der Waals surface area contributed by atoms with E-state index in [0.717, 1.165) is 15.5 Å². The third kappa shape index (κ3) is 4.19. The van der Waals surface area contributed by atoms with Crippen molar-refractivity contribution < 1.29 is 18.4 Å². The van der Waals surface area contributed by atoms with Gasteiger partial charge in [-0.15, -0.1) is 11.8 Å². The number of alkyl halides is 2. The second-order valence-electron chi connectivity index (χ2n) is 5.57. The normalized spacial score (nSPS) is 17.2. The van der Waals surface area contributed by atoms with Crippen molar-refractivity contribution in [3.63, 3.8) is 0 Å². The van der Waals surface area contributed by atoms with E-state index in [1.165, 1.54) is 24.3 Å². The molecule has 8 heteroatoms. The van der Waals surface area contributed by atoms with E-state index < -0.39 is 11.8 Å². The van der Waals surface area contributed by atoms with Crippen LogP contribution in [-0.4, -0.2) is 29.9 Å². The predicted octanol–water partition coefficient (Wildman–Crippen LogP) is 4.47. The zero-order chi connectivity index (χ0) is 18.7. The lowest BCUT2D eigenvalue weighted by Gasteiger charge is -2.16. The Morgan fingerprint density at radius 1 is 1.12 bits per heavy atom. The monoisotopic (exact) mass is 394 g/mol. The molecule has 1 atom stereocenters. The highest BCUT2D eigenvalue weighted by Crippen LogP contribution is 2.30. The van der Waals surface area contributed by atoms with Gasteiger partial charge in [-0.05, 0) is 48.7 Å². The van der Waals surface area contributed by atoms with Crippen LogP contribution in [0.4, 0.5) is 20.2 Å². The van der Waals surface area contributed by atoms with E-state index in [4.69, 9.17) is 0 Å². The number of nitrogens with zero attached hydrogens (tertiary/aromatic N) is 1. The molecule has 1 saturated heterocycles. The van der Waals surface area contributed by atoms with Gasteiger partial charge in [0.25, 0.3) is 11.7 Å². The lowest BCUT2D eigenvalue weighted by atomic mass is 10.2. The van der Waals surface area contributed by atoms with Crippen molar-refractivity contribution in [2.24, 2.45) is 0 Å². The van der Waals surface area contributed by atoms with E-state index in [9.17, 15) is 18.4 Å². The maximum atomic E-state index is 12.7. The number of thioether (sulfide) groups is 2. The van der Waals surface area contributed by atoms with Crippen molar-refractivity contribution in [2.45, 2.75) is 28.0 Å². The number of anilines is 2. The Kier molecular flexibility index (Phi) is 5.83. The predicted molar refractivity (Wildman–Crippen MR) is 101 cm³/mol. The first-order valence-corrected chi connectivity index (χ1v) is 9.90. The van der Waals surface area contributed by atoms with E-state index >= 15 is 0 Å². The first kappa shape index (κ1) is 18.7. The van der Waals surface area contributed by atoms with Crippen molar-refractivity contribution >= 4 is 46.7 Å². The lowest BCUT2D eigenvalue weighted by molar-refractivity contribution is -0.121. The maximum absolute atomic E-state index is 12.7. The topological polar surface area (TPSA) is 49.4 Å². The number of carbonyl (C=O) groups is 2. The van der Waals surface area contributed by atoms with Crippen LogP contribution in [-0.2, 0) is 9.59 Å². The van der Waals surface area contributed by atoms with Crippen molar-refractivity contribution in [1.82, 2.24) is 0 Å². The number of benzene rings is 2. The summed E-state index contributed by atoms with van der Waals surface area (Å²) in [6.45, 7) is 0. The summed E-state index contributed by atoms with van der Waals surface area (Å²) < 4.78 is 24.8. The Hall–Kier alpha value is -2.06. The van der Waals surface area contributed by atoms with Crippen LogP contribution in [0.25, 0.3) is 0 Å². The number of amides is 2. The minimum atomic E-state index is -2.51. The summed E-state index contributed by atoms with van der Waals surface area (Å²) in [7, 11) is 0. The van der Waals surface area contributed by atoms with Crippen LogP contribution in [0.1, 0.15) is 6.42 Å². The number of nitrogens with one attached hydrogen (secondary N) is 1. The van der Waals surface area contributed by atoms with Gasteiger partial charge in [0.1, 0.15) is 6.04 Å². The second-order valence-corrected chi connectivity index (χ2v) is 7.52. The fourth-order valence-electron chi connectivity index (χ4n) is 2.71. The van der Waals surface area contributed by atoms with E-state index in [0.29, 0.717) is 22.3 Å². The van der Waals surface area contributed by atoms with Gasteiger partial charge < -0.3 is 5.32 Å². The average Bonchev–Trinajstić information content (AvgIpc) is 2.89. The molecular formula is C18H16F2N2O2S2. The van der Waals surface area contributed by atoms with Gasteiger partial charge in [0.15, 0.2) is 0 Å². The Morgan fingerprint density at radius 3 is 2.50 bits per heavy atom. The molecule has 136 valence electrons. The van der Waals surface area contributed by atoms with Gasteiger partial charge in [0.2, 0.25) is 5.91 Å². The van der Waals surface area contributed by atoms with Gasteiger partial charge in [-0.1, -0.05) is 17.8 Å². The molecule has 1 heterocycles. The number of hydrogen-bond acceptors (Lipinski definition) is 5. The first-order chi connectivity index (χ1) is 12.5. The van der Waals surface area contributed by atoms with Gasteiger partial charge in [0.05, 0.1) is 12.1 Å². The standard InChI is InChI=1S/C18H16F2N2O2S2/c1-25-14-4-2-3-11(9-14)21-15-10-16(23)22(17(15)24)12-5-7-13(8-6-12)26-18(19)20/h2-9,15,18,21H,10H2,1H3/t15-/m0/s1. The Bertz CT molecular complexity index is 815. The highest BCUT2D eigenvalue weighted by molar-refractivity contribution is 7.99. The number of carbonyl (C=O) groups excluding carboxylic acids is 2. The van der Waals surface area contributed by atoms with Crippen LogP contribution in [0.3, 0.4) is 0 Å². The molecule has 0 bridgehead atoms. The number of halogens is 2. The van der Waals surface area contributed by atoms with Gasteiger partial charge >= 0.3 is 0 Å². The fraction of sp³-hybridized carbons (Fsp3) is 0.222. The number of hydrogen-bond donors (Lipinski definition) is 1. The van der Waals surface area contributed by atoms with Crippen molar-refractivity contribution in [1.29, 1.82) is 0 Å². The van der Waals surface area contributed by atoms with Gasteiger partial charge in [0, 0.05) is 15.5 Å². The second kappa shape index (κ2) is 8.09. The van der Waals surface area contributed by atoms with Crippen molar-refractivity contribution in [3.05, 3.63) is 48.5 Å². The minimum Gasteiger partial charge on any atom is -0.373 e. The smallest absolute Gasteiger partial charge is 0.288 e. The zero-order valence-corrected chi connectivity index (χ0v) is 15.4. The highest BCUT2D eigenvalue weighted by atomic mass is 32.2. The van der Waals surface area contributed by atoms with Crippen LogP contribution in [0.5, 0.6) is 0 Å². The quantitative estimate of drug-likeness (QED) is 0.579. The van der Waals surface area contributed by atoms with Crippen LogP contribution < -0.4 is 10.2 Å². The first-order valence-electron chi connectivity index (χ1n) is 7.80. The van der Waals surface area contributed by atoms with Crippen LogP contribution in [0, 0.1) is 0 Å². The van der Waals surface area contributed by atoms with Crippen LogP contribution >= 0.6 is 23.5 Å². The summed E-state index contributed by atoms with van der Waals surface area (Å²) in [5.41, 5.74) is 1.16. The SMILES string of the molecule is CSc1cccc(N[C@H]2CC(=O)N(c3ccc(SC(F)F)cc3)C2=O)c1. The lowest BCUT2D eigenvalue weighted by Crippen LogP contribution is -2.34.